The predicted octanol–water partition coefficient (Wildman–Crippen LogP) is 3.97. The minimum absolute atomic E-state index is 0.173. The van der Waals surface area contributed by atoms with Gasteiger partial charge in [-0.15, -0.1) is 0 Å². The molecular formula is C19H21ClN6O3. The van der Waals surface area contributed by atoms with Crippen molar-refractivity contribution in [1.29, 1.82) is 0 Å². The van der Waals surface area contributed by atoms with Crippen molar-refractivity contribution in [2.24, 2.45) is 0 Å². The molecule has 0 aliphatic heterocycles. The van der Waals surface area contributed by atoms with Crippen molar-refractivity contribution < 1.29 is 14.3 Å². The normalized spacial score (nSPS) is 9.86. The number of benzene rings is 1. The summed E-state index contributed by atoms with van der Waals surface area (Å²) in [6.07, 6.45) is 1.96. The van der Waals surface area contributed by atoms with Crippen LogP contribution in [-0.4, -0.2) is 49.2 Å². The first-order valence-electron chi connectivity index (χ1n) is 8.68. The number of anilines is 2. The largest absolute Gasteiger partial charge is 0.491 e. The van der Waals surface area contributed by atoms with Crippen molar-refractivity contribution in [3.63, 3.8) is 0 Å². The zero-order valence-corrected chi connectivity index (χ0v) is 16.8. The Morgan fingerprint density at radius 3 is 2.69 bits per heavy atom. The first-order valence-corrected chi connectivity index (χ1v) is 9.06. The van der Waals surface area contributed by atoms with Gasteiger partial charge in [0, 0.05) is 31.9 Å². The average molecular weight is 417 g/mol. The zero-order chi connectivity index (χ0) is 21.2. The van der Waals surface area contributed by atoms with Crippen LogP contribution in [0.4, 0.5) is 26.8 Å². The van der Waals surface area contributed by atoms with E-state index in [2.05, 4.69) is 25.8 Å². The van der Waals surface area contributed by atoms with Gasteiger partial charge in [0.2, 0.25) is 5.69 Å². The van der Waals surface area contributed by atoms with Gasteiger partial charge in [0.05, 0.1) is 18.9 Å². The van der Waals surface area contributed by atoms with Gasteiger partial charge in [-0.25, -0.2) is 14.4 Å². The molecule has 0 aliphatic carbocycles. The Morgan fingerprint density at radius 1 is 1.24 bits per heavy atom. The number of nitrogens with zero attached hydrogens (tertiary/aromatic N) is 3. The third-order valence-corrected chi connectivity index (χ3v) is 3.80. The van der Waals surface area contributed by atoms with Crippen molar-refractivity contribution in [2.75, 3.05) is 37.9 Å². The van der Waals surface area contributed by atoms with Gasteiger partial charge in [-0.1, -0.05) is 17.7 Å². The Morgan fingerprint density at radius 2 is 2.03 bits per heavy atom. The third kappa shape index (κ3) is 7.20. The van der Waals surface area contributed by atoms with Crippen molar-refractivity contribution in [1.82, 2.24) is 15.2 Å². The molecule has 2 rings (SSSR count). The fourth-order valence-corrected chi connectivity index (χ4v) is 2.30. The van der Waals surface area contributed by atoms with Crippen LogP contribution in [0.25, 0.3) is 4.85 Å². The molecular weight excluding hydrogens is 396 g/mol. The van der Waals surface area contributed by atoms with E-state index in [1.54, 1.807) is 38.4 Å². The number of carbonyl (C=O) groups is 2. The molecule has 4 amide bonds. The number of rotatable bonds is 7. The van der Waals surface area contributed by atoms with E-state index in [1.807, 2.05) is 0 Å². The highest BCUT2D eigenvalue weighted by Gasteiger charge is 2.10. The summed E-state index contributed by atoms with van der Waals surface area (Å²) in [7, 11) is 3.33. The summed E-state index contributed by atoms with van der Waals surface area (Å²) in [6, 6.07) is 7.26. The maximum atomic E-state index is 12.2. The fraction of sp³-hybridized carbons (Fsp3) is 0.263. The number of nitrogens with one attached hydrogen (secondary N) is 3. The standard InChI is InChI=1S/C19H21ClN6O3/c1-21-14-6-8-17(23-12-14)25-18(27)24-15-11-13(20)5-7-16(15)29-10-4-9-22-19(28)26(2)3/h5-8,11-12H,4,9-10H2,2-3H3,(H,22,28)(H2,23,24,25,27). The van der Waals surface area contributed by atoms with Crippen molar-refractivity contribution in [2.45, 2.75) is 6.42 Å². The van der Waals surface area contributed by atoms with Crippen LogP contribution in [0.3, 0.4) is 0 Å². The summed E-state index contributed by atoms with van der Waals surface area (Å²) < 4.78 is 5.70. The third-order valence-electron chi connectivity index (χ3n) is 3.57. The number of amides is 4. The Kier molecular flexibility index (Phi) is 8.06. The molecule has 152 valence electrons. The van der Waals surface area contributed by atoms with E-state index in [9.17, 15) is 9.59 Å². The van der Waals surface area contributed by atoms with Gasteiger partial charge in [0.15, 0.2) is 0 Å². The molecule has 0 spiro atoms. The van der Waals surface area contributed by atoms with E-state index in [0.29, 0.717) is 47.5 Å². The molecule has 0 radical (unpaired) electrons. The minimum Gasteiger partial charge on any atom is -0.491 e. The van der Waals surface area contributed by atoms with E-state index in [0.717, 1.165) is 0 Å². The van der Waals surface area contributed by atoms with Gasteiger partial charge in [-0.3, -0.25) is 10.3 Å². The van der Waals surface area contributed by atoms with Crippen LogP contribution in [0.5, 0.6) is 5.75 Å². The molecule has 0 bridgehead atoms. The Bertz CT molecular complexity index is 896. The highest BCUT2D eigenvalue weighted by molar-refractivity contribution is 6.31. The lowest BCUT2D eigenvalue weighted by molar-refractivity contribution is 0.216. The Hall–Kier alpha value is -3.51. The number of hydrogen-bond acceptors (Lipinski definition) is 4. The molecule has 1 aromatic carbocycles. The minimum atomic E-state index is -0.529. The van der Waals surface area contributed by atoms with Crippen LogP contribution in [-0.2, 0) is 0 Å². The molecule has 0 atom stereocenters. The summed E-state index contributed by atoms with van der Waals surface area (Å²) in [4.78, 5) is 32.4. The molecule has 1 aromatic heterocycles. The fourth-order valence-electron chi connectivity index (χ4n) is 2.13. The van der Waals surface area contributed by atoms with Crippen LogP contribution in [0.2, 0.25) is 5.02 Å². The quantitative estimate of drug-likeness (QED) is 0.469. The average Bonchev–Trinajstić information content (AvgIpc) is 2.69. The molecule has 0 saturated carbocycles. The second kappa shape index (κ2) is 10.7. The molecule has 10 heteroatoms. The van der Waals surface area contributed by atoms with Crippen molar-refractivity contribution >= 4 is 40.9 Å². The molecule has 9 nitrogen and oxygen atoms in total. The number of carbonyl (C=O) groups excluding carboxylic acids is 2. The van der Waals surface area contributed by atoms with Gasteiger partial charge in [-0.2, -0.15) is 0 Å². The zero-order valence-electron chi connectivity index (χ0n) is 16.0. The molecule has 0 aliphatic rings. The lowest BCUT2D eigenvalue weighted by Gasteiger charge is -2.14. The summed E-state index contributed by atoms with van der Waals surface area (Å²) in [5.74, 6) is 0.746. The van der Waals surface area contributed by atoms with E-state index in [1.165, 1.54) is 17.2 Å². The topological polar surface area (TPSA) is 99.9 Å². The summed E-state index contributed by atoms with van der Waals surface area (Å²) >= 11 is 6.02. The van der Waals surface area contributed by atoms with Gasteiger partial charge < -0.3 is 20.3 Å². The van der Waals surface area contributed by atoms with E-state index in [4.69, 9.17) is 22.9 Å². The number of ether oxygens (including phenoxy) is 1. The highest BCUT2D eigenvalue weighted by atomic mass is 35.5. The molecule has 0 fully saturated rings. The van der Waals surface area contributed by atoms with Gasteiger partial charge >= 0.3 is 12.1 Å². The van der Waals surface area contributed by atoms with Crippen LogP contribution in [0, 0.1) is 6.57 Å². The summed E-state index contributed by atoms with van der Waals surface area (Å²) in [5, 5.41) is 8.42. The first-order chi connectivity index (χ1) is 13.9. The van der Waals surface area contributed by atoms with Crippen molar-refractivity contribution in [3.05, 3.63) is 53.0 Å². The highest BCUT2D eigenvalue weighted by Crippen LogP contribution is 2.28. The Balaban J connectivity index is 1.90. The predicted molar refractivity (Wildman–Crippen MR) is 112 cm³/mol. The second-order valence-corrected chi connectivity index (χ2v) is 6.50. The number of aromatic nitrogens is 1. The molecule has 3 N–H and O–H groups in total. The molecule has 0 unspecified atom stereocenters. The molecule has 2 aromatic rings. The molecule has 1 heterocycles. The van der Waals surface area contributed by atoms with Gasteiger partial charge in [0.25, 0.3) is 0 Å². The summed E-state index contributed by atoms with van der Waals surface area (Å²) in [6.45, 7) is 7.70. The Labute approximate surface area is 173 Å². The number of halogens is 1. The van der Waals surface area contributed by atoms with Crippen LogP contribution in [0.1, 0.15) is 6.42 Å². The number of hydrogen-bond donors (Lipinski definition) is 3. The SMILES string of the molecule is [C-]#[N+]c1ccc(NC(=O)Nc2cc(Cl)ccc2OCCCNC(=O)N(C)C)nc1. The van der Waals surface area contributed by atoms with E-state index in [-0.39, 0.29) is 6.03 Å². The monoisotopic (exact) mass is 416 g/mol. The first kappa shape index (κ1) is 21.8. The molecule has 0 saturated heterocycles. The lowest BCUT2D eigenvalue weighted by Crippen LogP contribution is -2.35. The second-order valence-electron chi connectivity index (χ2n) is 6.06. The smallest absolute Gasteiger partial charge is 0.324 e. The van der Waals surface area contributed by atoms with E-state index < -0.39 is 6.03 Å². The van der Waals surface area contributed by atoms with Crippen molar-refractivity contribution in [3.8, 4) is 5.75 Å². The van der Waals surface area contributed by atoms with E-state index >= 15 is 0 Å². The van der Waals surface area contributed by atoms with Crippen LogP contribution >= 0.6 is 11.6 Å². The number of pyridine rings is 1. The lowest BCUT2D eigenvalue weighted by atomic mass is 10.3. The van der Waals surface area contributed by atoms with Crippen LogP contribution in [0.15, 0.2) is 36.5 Å². The van der Waals surface area contributed by atoms with Gasteiger partial charge in [-0.05, 0) is 30.7 Å². The number of urea groups is 2. The maximum Gasteiger partial charge on any atom is 0.324 e. The maximum absolute atomic E-state index is 12.2. The summed E-state index contributed by atoms with van der Waals surface area (Å²) in [5.41, 5.74) is 0.772. The molecule has 29 heavy (non-hydrogen) atoms. The van der Waals surface area contributed by atoms with Gasteiger partial charge in [0.1, 0.15) is 11.6 Å². The van der Waals surface area contributed by atoms with Crippen LogP contribution < -0.4 is 20.7 Å².